The molecule has 1 fully saturated rings. The molecule has 1 aliphatic rings. The van der Waals surface area contributed by atoms with E-state index in [-0.39, 0.29) is 29.0 Å². The minimum Gasteiger partial charge on any atom is -0.507 e. The van der Waals surface area contributed by atoms with Crippen LogP contribution in [0.5, 0.6) is 0 Å². The van der Waals surface area contributed by atoms with Gasteiger partial charge in [0.05, 0.1) is 11.3 Å². The van der Waals surface area contributed by atoms with E-state index in [1.54, 1.807) is 6.08 Å². The minimum atomic E-state index is -1.07. The average molecular weight is 341 g/mol. The molecule has 2 rings (SSSR count). The summed E-state index contributed by atoms with van der Waals surface area (Å²) < 4.78 is 0. The van der Waals surface area contributed by atoms with Crippen LogP contribution in [0.2, 0.25) is 0 Å². The number of carboxylic acids is 1. The van der Waals surface area contributed by atoms with Gasteiger partial charge in [0.15, 0.2) is 5.78 Å². The predicted octanol–water partition coefficient (Wildman–Crippen LogP) is 3.82. The number of aliphatic imine (C=N–C) groups is 1. The monoisotopic (exact) mass is 341 g/mol. The zero-order valence-electron chi connectivity index (χ0n) is 14.7. The van der Waals surface area contributed by atoms with Crippen LogP contribution in [0, 0.1) is 5.41 Å². The lowest BCUT2D eigenvalue weighted by molar-refractivity contribution is -0.138. The number of hydrogen-bond donors (Lipinski definition) is 2. The summed E-state index contributed by atoms with van der Waals surface area (Å²) in [6.07, 6.45) is 3.89. The summed E-state index contributed by atoms with van der Waals surface area (Å²) >= 11 is 0. The first-order chi connectivity index (χ1) is 11.7. The Morgan fingerprint density at radius 2 is 1.84 bits per heavy atom. The standard InChI is InChI=1S/C20H23NO4/c1-13(19(24)25)21-15-11-20(2,3)12-17(23)18(15)16(22)10-9-14-7-5-4-6-8-14/h4-10,13,22H,11-12H2,1-3H3,(H,24,25)/b10-9+,18-16+,21-15?/t13-/m0/s1. The first-order valence-electron chi connectivity index (χ1n) is 8.19. The van der Waals surface area contributed by atoms with Crippen molar-refractivity contribution >= 4 is 23.5 Å². The second-order valence-electron chi connectivity index (χ2n) is 7.04. The highest BCUT2D eigenvalue weighted by molar-refractivity contribution is 6.25. The second-order valence-corrected chi connectivity index (χ2v) is 7.04. The highest BCUT2D eigenvalue weighted by Crippen LogP contribution is 2.35. The maximum absolute atomic E-state index is 12.5. The Bertz CT molecular complexity index is 757. The van der Waals surface area contributed by atoms with E-state index in [2.05, 4.69) is 4.99 Å². The van der Waals surface area contributed by atoms with Gasteiger partial charge in [0.25, 0.3) is 0 Å². The average Bonchev–Trinajstić information content (AvgIpc) is 2.52. The number of benzene rings is 1. The number of nitrogens with zero attached hydrogens (tertiary/aromatic N) is 1. The molecule has 0 radical (unpaired) electrons. The van der Waals surface area contributed by atoms with Crippen LogP contribution in [0.25, 0.3) is 6.08 Å². The zero-order chi connectivity index (χ0) is 18.6. The molecule has 2 N–H and O–H groups in total. The molecule has 0 spiro atoms. The van der Waals surface area contributed by atoms with Gasteiger partial charge < -0.3 is 10.2 Å². The molecule has 0 saturated heterocycles. The van der Waals surface area contributed by atoms with Crippen LogP contribution in [-0.4, -0.2) is 33.7 Å². The third kappa shape index (κ3) is 4.89. The Hall–Kier alpha value is -2.69. The van der Waals surface area contributed by atoms with E-state index in [0.717, 1.165) is 5.56 Å². The maximum atomic E-state index is 12.5. The van der Waals surface area contributed by atoms with E-state index >= 15 is 0 Å². The fourth-order valence-electron chi connectivity index (χ4n) is 2.80. The molecular weight excluding hydrogens is 318 g/mol. The summed E-state index contributed by atoms with van der Waals surface area (Å²) in [5.74, 6) is -1.47. The number of aliphatic hydroxyl groups is 1. The summed E-state index contributed by atoms with van der Waals surface area (Å²) in [6, 6.07) is 8.42. The molecule has 1 aromatic carbocycles. The van der Waals surface area contributed by atoms with Crippen LogP contribution in [0.4, 0.5) is 0 Å². The molecule has 132 valence electrons. The zero-order valence-corrected chi connectivity index (χ0v) is 14.7. The van der Waals surface area contributed by atoms with Crippen LogP contribution >= 0.6 is 0 Å². The molecule has 1 atom stereocenters. The maximum Gasteiger partial charge on any atom is 0.328 e. The van der Waals surface area contributed by atoms with E-state index in [9.17, 15) is 14.7 Å². The Morgan fingerprint density at radius 1 is 1.20 bits per heavy atom. The van der Waals surface area contributed by atoms with Gasteiger partial charge in [-0.05, 0) is 30.4 Å². The molecule has 5 heteroatoms. The van der Waals surface area contributed by atoms with Crippen molar-refractivity contribution in [2.24, 2.45) is 10.4 Å². The molecule has 0 heterocycles. The first-order valence-corrected chi connectivity index (χ1v) is 8.19. The number of hydrogen-bond acceptors (Lipinski definition) is 4. The van der Waals surface area contributed by atoms with Gasteiger partial charge in [0.2, 0.25) is 0 Å². The van der Waals surface area contributed by atoms with Gasteiger partial charge >= 0.3 is 5.97 Å². The molecule has 5 nitrogen and oxygen atoms in total. The first kappa shape index (κ1) is 18.6. The van der Waals surface area contributed by atoms with Crippen LogP contribution in [0.1, 0.15) is 39.2 Å². The fraction of sp³-hybridized carbons (Fsp3) is 0.350. The third-order valence-electron chi connectivity index (χ3n) is 4.05. The highest BCUT2D eigenvalue weighted by Gasteiger charge is 2.36. The quantitative estimate of drug-likeness (QED) is 0.644. The molecule has 0 aromatic heterocycles. The number of ketones is 1. The Morgan fingerprint density at radius 3 is 2.44 bits per heavy atom. The predicted molar refractivity (Wildman–Crippen MR) is 97.7 cm³/mol. The van der Waals surface area contributed by atoms with Gasteiger partial charge in [0.1, 0.15) is 11.8 Å². The summed E-state index contributed by atoms with van der Waals surface area (Å²) in [6.45, 7) is 5.31. The van der Waals surface area contributed by atoms with Gasteiger partial charge in [-0.25, -0.2) is 4.79 Å². The van der Waals surface area contributed by atoms with E-state index in [4.69, 9.17) is 5.11 Å². The number of carbonyl (C=O) groups excluding carboxylic acids is 1. The van der Waals surface area contributed by atoms with Crippen molar-refractivity contribution in [3.63, 3.8) is 0 Å². The lowest BCUT2D eigenvalue weighted by Crippen LogP contribution is -2.33. The summed E-state index contributed by atoms with van der Waals surface area (Å²) in [5.41, 5.74) is 1.04. The van der Waals surface area contributed by atoms with Gasteiger partial charge in [-0.2, -0.15) is 0 Å². The van der Waals surface area contributed by atoms with Crippen LogP contribution in [0.15, 0.2) is 52.7 Å². The van der Waals surface area contributed by atoms with E-state index in [1.807, 2.05) is 44.2 Å². The molecule has 1 aliphatic carbocycles. The Balaban J connectivity index is 2.43. The van der Waals surface area contributed by atoms with Crippen LogP contribution in [-0.2, 0) is 9.59 Å². The minimum absolute atomic E-state index is 0.125. The molecule has 0 aliphatic heterocycles. The largest absolute Gasteiger partial charge is 0.507 e. The highest BCUT2D eigenvalue weighted by atomic mass is 16.4. The third-order valence-corrected chi connectivity index (χ3v) is 4.05. The van der Waals surface area contributed by atoms with Gasteiger partial charge in [-0.3, -0.25) is 9.79 Å². The number of allylic oxidation sites excluding steroid dienone is 2. The number of Topliss-reactive ketones (excluding diaryl/α,β-unsaturated/α-hetero) is 1. The molecule has 0 unspecified atom stereocenters. The SMILES string of the molecule is C[C@H](N=C1CC(C)(C)CC(=O)/C1=C(O)\C=C\c1ccccc1)C(=O)O. The topological polar surface area (TPSA) is 87.0 Å². The number of aliphatic hydroxyl groups excluding tert-OH is 1. The van der Waals surface area contributed by atoms with Crippen molar-refractivity contribution in [1.29, 1.82) is 0 Å². The van der Waals surface area contributed by atoms with Crippen molar-refractivity contribution < 1.29 is 19.8 Å². The second kappa shape index (κ2) is 7.47. The van der Waals surface area contributed by atoms with Crippen molar-refractivity contribution in [3.05, 3.63) is 53.3 Å². The number of carbonyl (C=O) groups is 2. The molecule has 1 aromatic rings. The fourth-order valence-corrected chi connectivity index (χ4v) is 2.80. The normalized spacial score (nSPS) is 22.2. The Labute approximate surface area is 147 Å². The molecule has 25 heavy (non-hydrogen) atoms. The molecule has 0 amide bonds. The van der Waals surface area contributed by atoms with Gasteiger partial charge in [0, 0.05) is 6.42 Å². The van der Waals surface area contributed by atoms with E-state index in [1.165, 1.54) is 13.0 Å². The Kier molecular flexibility index (Phi) is 5.57. The van der Waals surface area contributed by atoms with Crippen molar-refractivity contribution in [3.8, 4) is 0 Å². The van der Waals surface area contributed by atoms with Crippen molar-refractivity contribution in [1.82, 2.24) is 0 Å². The van der Waals surface area contributed by atoms with E-state index < -0.39 is 12.0 Å². The van der Waals surface area contributed by atoms with Crippen LogP contribution < -0.4 is 0 Å². The van der Waals surface area contributed by atoms with Crippen molar-refractivity contribution in [2.45, 2.75) is 39.7 Å². The lowest BCUT2D eigenvalue weighted by atomic mass is 9.73. The number of rotatable bonds is 4. The smallest absolute Gasteiger partial charge is 0.328 e. The van der Waals surface area contributed by atoms with Gasteiger partial charge in [-0.1, -0.05) is 50.3 Å². The van der Waals surface area contributed by atoms with E-state index in [0.29, 0.717) is 12.1 Å². The summed E-state index contributed by atoms with van der Waals surface area (Å²) in [4.78, 5) is 27.8. The number of carboxylic acid groups (broad SMARTS) is 1. The molecule has 1 saturated carbocycles. The molecular formula is C20H23NO4. The van der Waals surface area contributed by atoms with Crippen molar-refractivity contribution in [2.75, 3.05) is 0 Å². The number of aliphatic carboxylic acids is 1. The molecule has 0 bridgehead atoms. The summed E-state index contributed by atoms with van der Waals surface area (Å²) in [7, 11) is 0. The summed E-state index contributed by atoms with van der Waals surface area (Å²) in [5, 5.41) is 19.5. The lowest BCUT2D eigenvalue weighted by Gasteiger charge is -2.31. The van der Waals surface area contributed by atoms with Gasteiger partial charge in [-0.15, -0.1) is 0 Å². The van der Waals surface area contributed by atoms with Crippen LogP contribution in [0.3, 0.4) is 0 Å².